The Morgan fingerprint density at radius 2 is 1.88 bits per heavy atom. The summed E-state index contributed by atoms with van der Waals surface area (Å²) in [5.74, 6) is 0.198. The highest BCUT2D eigenvalue weighted by Gasteiger charge is 2.21. The van der Waals surface area contributed by atoms with Gasteiger partial charge in [0.05, 0.1) is 16.5 Å². The third-order valence-electron chi connectivity index (χ3n) is 3.52. The van der Waals surface area contributed by atoms with Crippen LogP contribution >= 0.6 is 0 Å². The highest BCUT2D eigenvalue weighted by atomic mass is 32.2. The van der Waals surface area contributed by atoms with E-state index in [1.165, 1.54) is 6.07 Å². The number of sulfonamides is 1. The summed E-state index contributed by atoms with van der Waals surface area (Å²) in [6.45, 7) is 0. The Morgan fingerprint density at radius 3 is 2.54 bits per heavy atom. The number of H-pyrrole nitrogens is 1. The predicted octanol–water partition coefficient (Wildman–Crippen LogP) is 0.977. The van der Waals surface area contributed by atoms with Gasteiger partial charge < -0.3 is 0 Å². The molecule has 0 radical (unpaired) electrons. The molecule has 1 heterocycles. The minimum atomic E-state index is -3.97. The third kappa shape index (κ3) is 3.01. The number of nitriles is 1. The quantitative estimate of drug-likeness (QED) is 0.726. The van der Waals surface area contributed by atoms with E-state index in [9.17, 15) is 13.7 Å². The van der Waals surface area contributed by atoms with E-state index in [0.717, 1.165) is 5.56 Å². The molecule has 3 N–H and O–H groups in total. The number of nitrogens with two attached hydrogens (primary N) is 1. The first-order valence-electron chi connectivity index (χ1n) is 6.87. The second-order valence-electron chi connectivity index (χ2n) is 5.03. The van der Waals surface area contributed by atoms with Gasteiger partial charge >= 0.3 is 0 Å². The third-order valence-corrected chi connectivity index (χ3v) is 4.47. The van der Waals surface area contributed by atoms with E-state index in [2.05, 4.69) is 26.7 Å². The van der Waals surface area contributed by atoms with E-state index in [1.54, 1.807) is 24.3 Å². The van der Waals surface area contributed by atoms with Gasteiger partial charge in [-0.1, -0.05) is 30.3 Å². The average molecular weight is 340 g/mol. The van der Waals surface area contributed by atoms with Crippen LogP contribution in [0.5, 0.6) is 0 Å². The number of tetrazole rings is 1. The van der Waals surface area contributed by atoms with Gasteiger partial charge in [0.1, 0.15) is 0 Å². The minimum absolute atomic E-state index is 0.0759. The highest BCUT2D eigenvalue weighted by Crippen LogP contribution is 2.29. The largest absolute Gasteiger partial charge is 0.239 e. The Labute approximate surface area is 138 Å². The van der Waals surface area contributed by atoms with Crippen LogP contribution in [0.4, 0.5) is 0 Å². The lowest BCUT2D eigenvalue weighted by atomic mass is 9.96. The molecule has 3 rings (SSSR count). The van der Waals surface area contributed by atoms with E-state index in [1.807, 2.05) is 12.1 Å². The summed E-state index contributed by atoms with van der Waals surface area (Å²) >= 11 is 0. The molecule has 0 aliphatic rings. The summed E-state index contributed by atoms with van der Waals surface area (Å²) in [6, 6.07) is 14.0. The number of rotatable bonds is 4. The molecule has 2 aromatic carbocycles. The first-order chi connectivity index (χ1) is 11.5. The number of hydrogen-bond acceptors (Lipinski definition) is 6. The molecule has 1 aromatic heterocycles. The van der Waals surface area contributed by atoms with Crippen LogP contribution in [-0.4, -0.2) is 29.0 Å². The molecule has 120 valence electrons. The monoisotopic (exact) mass is 340 g/mol. The van der Waals surface area contributed by atoms with E-state index in [0.29, 0.717) is 23.1 Å². The fourth-order valence-electron chi connectivity index (χ4n) is 2.48. The second-order valence-corrected chi connectivity index (χ2v) is 6.56. The lowest BCUT2D eigenvalue weighted by molar-refractivity contribution is 0.598. The topological polar surface area (TPSA) is 138 Å². The van der Waals surface area contributed by atoms with Crippen molar-refractivity contribution in [1.82, 2.24) is 20.6 Å². The van der Waals surface area contributed by atoms with Crippen molar-refractivity contribution in [1.29, 1.82) is 5.26 Å². The summed E-state index contributed by atoms with van der Waals surface area (Å²) < 4.78 is 23.8. The molecular weight excluding hydrogens is 328 g/mol. The average Bonchev–Trinajstić information content (AvgIpc) is 3.08. The molecule has 0 unspecified atom stereocenters. The number of nitrogens with one attached hydrogen (secondary N) is 1. The zero-order valence-electron chi connectivity index (χ0n) is 12.3. The maximum Gasteiger partial charge on any atom is 0.238 e. The Balaban J connectivity index is 2.21. The Bertz CT molecular complexity index is 1020. The Kier molecular flexibility index (Phi) is 4.07. The summed E-state index contributed by atoms with van der Waals surface area (Å²) in [5.41, 5.74) is 2.22. The molecule has 0 saturated carbocycles. The fraction of sp³-hybridized carbons (Fsp3) is 0.0667. The molecule has 0 fully saturated rings. The molecule has 0 aliphatic heterocycles. The van der Waals surface area contributed by atoms with Crippen LogP contribution < -0.4 is 5.14 Å². The van der Waals surface area contributed by atoms with Gasteiger partial charge in [-0.15, -0.1) is 5.10 Å². The van der Waals surface area contributed by atoms with Crippen LogP contribution in [0.1, 0.15) is 16.7 Å². The number of benzene rings is 2. The summed E-state index contributed by atoms with van der Waals surface area (Å²) in [7, 11) is -3.97. The van der Waals surface area contributed by atoms with Crippen LogP contribution in [0.3, 0.4) is 0 Å². The van der Waals surface area contributed by atoms with Gasteiger partial charge in [0, 0.05) is 5.56 Å². The van der Waals surface area contributed by atoms with Crippen LogP contribution in [0.25, 0.3) is 11.4 Å². The van der Waals surface area contributed by atoms with Crippen molar-refractivity contribution in [2.24, 2.45) is 5.14 Å². The molecule has 0 aliphatic carbocycles. The lowest BCUT2D eigenvalue weighted by Gasteiger charge is -2.12. The van der Waals surface area contributed by atoms with E-state index in [-0.39, 0.29) is 10.7 Å². The molecule has 24 heavy (non-hydrogen) atoms. The van der Waals surface area contributed by atoms with Gasteiger partial charge in [0.25, 0.3) is 0 Å². The van der Waals surface area contributed by atoms with Gasteiger partial charge in [-0.3, -0.25) is 0 Å². The molecule has 8 nitrogen and oxygen atoms in total. The summed E-state index contributed by atoms with van der Waals surface area (Å²) in [6.07, 6.45) is 0.336. The minimum Gasteiger partial charge on any atom is -0.239 e. The van der Waals surface area contributed by atoms with Gasteiger partial charge in [-0.05, 0) is 40.1 Å². The summed E-state index contributed by atoms with van der Waals surface area (Å²) in [5, 5.41) is 27.9. The Hall–Kier alpha value is -3.09. The predicted molar refractivity (Wildman–Crippen MR) is 84.9 cm³/mol. The first kappa shape index (κ1) is 15.8. The molecule has 0 spiro atoms. The van der Waals surface area contributed by atoms with Crippen molar-refractivity contribution in [3.8, 4) is 17.5 Å². The molecule has 0 amide bonds. The molecular formula is C15H12N6O2S. The zero-order chi connectivity index (χ0) is 17.2. The van der Waals surface area contributed by atoms with Crippen LogP contribution in [-0.2, 0) is 16.4 Å². The lowest BCUT2D eigenvalue weighted by Crippen LogP contribution is -2.15. The van der Waals surface area contributed by atoms with E-state index in [4.69, 9.17) is 5.14 Å². The smallest absolute Gasteiger partial charge is 0.238 e. The van der Waals surface area contributed by atoms with Gasteiger partial charge in [-0.25, -0.2) is 18.7 Å². The normalized spacial score (nSPS) is 11.2. The maximum absolute atomic E-state index is 11.9. The molecule has 0 bridgehead atoms. The number of aromatic nitrogens is 4. The van der Waals surface area contributed by atoms with Crippen molar-refractivity contribution in [2.75, 3.05) is 0 Å². The van der Waals surface area contributed by atoms with Crippen molar-refractivity contribution in [3.05, 3.63) is 59.2 Å². The van der Waals surface area contributed by atoms with Crippen molar-refractivity contribution >= 4 is 10.0 Å². The molecule has 0 atom stereocenters. The molecule has 9 heteroatoms. The molecule has 3 aromatic rings. The standard InChI is InChI=1S/C15H12N6O2S/c16-9-12-5-2-1-4-10(12)8-11-6-3-7-13(24(17,22)23)14(11)15-18-20-21-19-15/h1-7H,8H2,(H2,17,22,23)(H,18,19,20,21). The van der Waals surface area contributed by atoms with Crippen molar-refractivity contribution in [2.45, 2.75) is 11.3 Å². The van der Waals surface area contributed by atoms with Crippen LogP contribution in [0, 0.1) is 11.3 Å². The van der Waals surface area contributed by atoms with Crippen LogP contribution in [0.15, 0.2) is 47.4 Å². The Morgan fingerprint density at radius 1 is 1.12 bits per heavy atom. The summed E-state index contributed by atoms with van der Waals surface area (Å²) in [4.78, 5) is -0.0759. The van der Waals surface area contributed by atoms with E-state index >= 15 is 0 Å². The second kappa shape index (κ2) is 6.19. The number of primary sulfonamides is 1. The maximum atomic E-state index is 11.9. The van der Waals surface area contributed by atoms with Gasteiger partial charge in [0.15, 0.2) is 5.82 Å². The van der Waals surface area contributed by atoms with Crippen molar-refractivity contribution < 1.29 is 8.42 Å². The highest BCUT2D eigenvalue weighted by molar-refractivity contribution is 7.89. The van der Waals surface area contributed by atoms with Crippen LogP contribution in [0.2, 0.25) is 0 Å². The number of aromatic amines is 1. The fourth-order valence-corrected chi connectivity index (χ4v) is 3.26. The van der Waals surface area contributed by atoms with Crippen molar-refractivity contribution in [3.63, 3.8) is 0 Å². The first-order valence-corrected chi connectivity index (χ1v) is 8.42. The molecule has 0 saturated heterocycles. The number of nitrogens with zero attached hydrogens (tertiary/aromatic N) is 4. The van der Waals surface area contributed by atoms with E-state index < -0.39 is 10.0 Å². The number of hydrogen-bond donors (Lipinski definition) is 2. The van der Waals surface area contributed by atoms with Gasteiger partial charge in [0.2, 0.25) is 10.0 Å². The zero-order valence-corrected chi connectivity index (χ0v) is 13.2. The van der Waals surface area contributed by atoms with Gasteiger partial charge in [-0.2, -0.15) is 5.26 Å². The SMILES string of the molecule is N#Cc1ccccc1Cc1cccc(S(N)(=O)=O)c1-c1nnn[nH]1.